The van der Waals surface area contributed by atoms with Crippen molar-refractivity contribution < 1.29 is 13.9 Å². The van der Waals surface area contributed by atoms with E-state index in [0.29, 0.717) is 5.13 Å². The van der Waals surface area contributed by atoms with E-state index in [1.165, 1.54) is 28.7 Å². The first-order valence-corrected chi connectivity index (χ1v) is 9.26. The highest BCUT2D eigenvalue weighted by Crippen LogP contribution is 2.25. The van der Waals surface area contributed by atoms with Crippen LogP contribution >= 0.6 is 11.3 Å². The highest BCUT2D eigenvalue weighted by atomic mass is 32.1. The van der Waals surface area contributed by atoms with Crippen molar-refractivity contribution in [2.45, 2.75) is 19.5 Å². The van der Waals surface area contributed by atoms with Crippen molar-refractivity contribution in [3.05, 3.63) is 64.6 Å². The third-order valence-corrected chi connectivity index (χ3v) is 5.21. The predicted octanol–water partition coefficient (Wildman–Crippen LogP) is 3.56. The molecule has 0 unspecified atom stereocenters. The number of hydrogen-bond acceptors (Lipinski definition) is 6. The molecule has 3 aromatic rings. The van der Waals surface area contributed by atoms with Gasteiger partial charge < -0.3 is 9.15 Å². The monoisotopic (exact) mass is 369 g/mol. The largest absolute Gasteiger partial charge is 0.497 e. The van der Waals surface area contributed by atoms with Gasteiger partial charge in [0, 0.05) is 25.0 Å². The molecular formula is C19H19N3O3S. The fourth-order valence-corrected chi connectivity index (χ4v) is 3.78. The summed E-state index contributed by atoms with van der Waals surface area (Å²) < 4.78 is 10.4. The second-order valence-corrected chi connectivity index (χ2v) is 7.03. The quantitative estimate of drug-likeness (QED) is 0.745. The zero-order valence-corrected chi connectivity index (χ0v) is 15.2. The highest BCUT2D eigenvalue weighted by Gasteiger charge is 2.18. The van der Waals surface area contributed by atoms with E-state index in [4.69, 9.17) is 9.15 Å². The minimum absolute atomic E-state index is 0.281. The number of amides is 1. The molecule has 26 heavy (non-hydrogen) atoms. The Balaban J connectivity index is 1.38. The third kappa shape index (κ3) is 3.63. The van der Waals surface area contributed by atoms with E-state index >= 15 is 0 Å². The second kappa shape index (κ2) is 7.31. The average molecular weight is 369 g/mol. The van der Waals surface area contributed by atoms with Gasteiger partial charge in [-0.15, -0.1) is 11.3 Å². The van der Waals surface area contributed by atoms with Crippen LogP contribution in [0.4, 0.5) is 5.13 Å². The minimum Gasteiger partial charge on any atom is -0.497 e. The van der Waals surface area contributed by atoms with Gasteiger partial charge in [0.05, 0.1) is 19.1 Å². The Kier molecular flexibility index (Phi) is 4.73. The van der Waals surface area contributed by atoms with Crippen molar-refractivity contribution in [2.75, 3.05) is 19.0 Å². The molecule has 7 heteroatoms. The molecule has 3 heterocycles. The van der Waals surface area contributed by atoms with Gasteiger partial charge in [-0.3, -0.25) is 15.0 Å². The number of thiazole rings is 1. The Morgan fingerprint density at radius 1 is 1.38 bits per heavy atom. The van der Waals surface area contributed by atoms with Crippen LogP contribution in [-0.4, -0.2) is 29.4 Å². The van der Waals surface area contributed by atoms with Crippen LogP contribution in [0.15, 0.2) is 46.4 Å². The molecule has 1 N–H and O–H groups in total. The van der Waals surface area contributed by atoms with Crippen LogP contribution in [0.3, 0.4) is 0 Å². The zero-order valence-electron chi connectivity index (χ0n) is 14.4. The predicted molar refractivity (Wildman–Crippen MR) is 99.6 cm³/mol. The lowest BCUT2D eigenvalue weighted by atomic mass is 9.99. The molecule has 0 saturated carbocycles. The molecule has 0 atom stereocenters. The highest BCUT2D eigenvalue weighted by molar-refractivity contribution is 7.13. The molecule has 0 fully saturated rings. The molecule has 1 aliphatic rings. The number of ether oxygens (including phenoxy) is 1. The van der Waals surface area contributed by atoms with E-state index in [-0.39, 0.29) is 11.7 Å². The van der Waals surface area contributed by atoms with Crippen LogP contribution in [0.2, 0.25) is 0 Å². The summed E-state index contributed by atoms with van der Waals surface area (Å²) in [6.45, 7) is 2.63. The Morgan fingerprint density at radius 3 is 3.12 bits per heavy atom. The number of furan rings is 1. The summed E-state index contributed by atoms with van der Waals surface area (Å²) in [6.07, 6.45) is 2.48. The zero-order chi connectivity index (χ0) is 17.9. The van der Waals surface area contributed by atoms with Crippen molar-refractivity contribution in [1.29, 1.82) is 0 Å². The van der Waals surface area contributed by atoms with Crippen molar-refractivity contribution in [2.24, 2.45) is 0 Å². The van der Waals surface area contributed by atoms with Crippen LogP contribution in [-0.2, 0) is 19.5 Å². The molecule has 1 aliphatic heterocycles. The number of benzene rings is 1. The van der Waals surface area contributed by atoms with Crippen molar-refractivity contribution in [1.82, 2.24) is 9.88 Å². The lowest BCUT2D eigenvalue weighted by molar-refractivity contribution is 0.0996. The topological polar surface area (TPSA) is 67.6 Å². The fraction of sp³-hybridized carbons (Fsp3) is 0.263. The molecule has 0 saturated heterocycles. The molecule has 0 aliphatic carbocycles. The summed E-state index contributed by atoms with van der Waals surface area (Å²) in [6, 6.07) is 9.58. The number of carbonyl (C=O) groups excluding carboxylic acids is 1. The van der Waals surface area contributed by atoms with Crippen LogP contribution in [0, 0.1) is 0 Å². The SMILES string of the molecule is COc1ccc2c(c1)CCN(Cc1csc(NC(=O)c3ccco3)n1)C2. The van der Waals surface area contributed by atoms with Gasteiger partial charge >= 0.3 is 0 Å². The number of anilines is 1. The lowest BCUT2D eigenvalue weighted by Crippen LogP contribution is -2.30. The van der Waals surface area contributed by atoms with Gasteiger partial charge in [0.15, 0.2) is 10.9 Å². The Bertz CT molecular complexity index is 905. The number of fused-ring (bicyclic) bond motifs is 1. The minimum atomic E-state index is -0.281. The van der Waals surface area contributed by atoms with Gasteiger partial charge in [-0.25, -0.2) is 4.98 Å². The molecule has 2 aromatic heterocycles. The van der Waals surface area contributed by atoms with E-state index in [0.717, 1.165) is 37.5 Å². The Morgan fingerprint density at radius 2 is 2.31 bits per heavy atom. The second-order valence-electron chi connectivity index (χ2n) is 6.17. The molecule has 0 bridgehead atoms. The molecule has 0 spiro atoms. The van der Waals surface area contributed by atoms with Gasteiger partial charge in [-0.2, -0.15) is 0 Å². The number of hydrogen-bond donors (Lipinski definition) is 1. The van der Waals surface area contributed by atoms with Gasteiger partial charge in [0.25, 0.3) is 5.91 Å². The lowest BCUT2D eigenvalue weighted by Gasteiger charge is -2.28. The normalized spacial score (nSPS) is 14.0. The van der Waals surface area contributed by atoms with Gasteiger partial charge in [0.1, 0.15) is 5.75 Å². The number of nitrogens with one attached hydrogen (secondary N) is 1. The average Bonchev–Trinajstić information content (AvgIpc) is 3.33. The number of nitrogens with zero attached hydrogens (tertiary/aromatic N) is 2. The summed E-state index contributed by atoms with van der Waals surface area (Å²) in [5.74, 6) is 0.912. The summed E-state index contributed by atoms with van der Waals surface area (Å²) in [5, 5.41) is 5.35. The molecular weight excluding hydrogens is 350 g/mol. The summed E-state index contributed by atoms with van der Waals surface area (Å²) in [7, 11) is 1.70. The van der Waals surface area contributed by atoms with E-state index in [1.807, 2.05) is 11.4 Å². The van der Waals surface area contributed by atoms with E-state index in [9.17, 15) is 4.79 Å². The van der Waals surface area contributed by atoms with E-state index in [1.54, 1.807) is 19.2 Å². The summed E-state index contributed by atoms with van der Waals surface area (Å²) in [5.41, 5.74) is 3.64. The summed E-state index contributed by atoms with van der Waals surface area (Å²) >= 11 is 1.43. The molecule has 0 radical (unpaired) electrons. The maximum Gasteiger partial charge on any atom is 0.293 e. The molecule has 134 valence electrons. The van der Waals surface area contributed by atoms with Gasteiger partial charge in [-0.05, 0) is 41.8 Å². The summed E-state index contributed by atoms with van der Waals surface area (Å²) in [4.78, 5) is 18.9. The van der Waals surface area contributed by atoms with Crippen LogP contribution in [0.1, 0.15) is 27.4 Å². The Hall–Kier alpha value is -2.64. The molecule has 1 aromatic carbocycles. The molecule has 6 nitrogen and oxygen atoms in total. The first kappa shape index (κ1) is 16.8. The van der Waals surface area contributed by atoms with E-state index in [2.05, 4.69) is 27.3 Å². The van der Waals surface area contributed by atoms with Crippen molar-refractivity contribution in [3.63, 3.8) is 0 Å². The number of aromatic nitrogens is 1. The number of methoxy groups -OCH3 is 1. The maximum atomic E-state index is 12.0. The number of rotatable bonds is 5. The van der Waals surface area contributed by atoms with E-state index < -0.39 is 0 Å². The smallest absolute Gasteiger partial charge is 0.293 e. The number of carbonyl (C=O) groups is 1. The Labute approximate surface area is 155 Å². The van der Waals surface area contributed by atoms with Crippen LogP contribution < -0.4 is 10.1 Å². The molecule has 4 rings (SSSR count). The van der Waals surface area contributed by atoms with Crippen molar-refractivity contribution >= 4 is 22.4 Å². The van der Waals surface area contributed by atoms with Crippen molar-refractivity contribution in [3.8, 4) is 5.75 Å². The third-order valence-electron chi connectivity index (χ3n) is 4.41. The van der Waals surface area contributed by atoms with Crippen LogP contribution in [0.25, 0.3) is 0 Å². The standard InChI is InChI=1S/C19H19N3O3S/c1-24-16-5-4-14-10-22(7-6-13(14)9-16)11-15-12-26-19(20-15)21-18(23)17-3-2-8-25-17/h2-5,8-9,12H,6-7,10-11H2,1H3,(H,20,21,23). The first-order chi connectivity index (χ1) is 12.7. The fourth-order valence-electron chi connectivity index (χ4n) is 3.08. The molecule has 1 amide bonds. The maximum absolute atomic E-state index is 12.0. The van der Waals surface area contributed by atoms with Gasteiger partial charge in [-0.1, -0.05) is 6.07 Å². The van der Waals surface area contributed by atoms with Gasteiger partial charge in [0.2, 0.25) is 0 Å². The first-order valence-electron chi connectivity index (χ1n) is 8.38. The van der Waals surface area contributed by atoms with Crippen LogP contribution in [0.5, 0.6) is 5.75 Å².